The van der Waals surface area contributed by atoms with Crippen LogP contribution in [0.3, 0.4) is 0 Å². The summed E-state index contributed by atoms with van der Waals surface area (Å²) in [6, 6.07) is 3.03. The summed E-state index contributed by atoms with van der Waals surface area (Å²) in [7, 11) is 2.90. The molecule has 0 atom stereocenters. The number of likely N-dealkylation sites (N-methyl/N-ethyl adjacent to an activating group) is 1. The summed E-state index contributed by atoms with van der Waals surface area (Å²) >= 11 is 5.91. The first kappa shape index (κ1) is 15.8. The number of rotatable bonds is 6. The van der Waals surface area contributed by atoms with Gasteiger partial charge in [0.1, 0.15) is 0 Å². The summed E-state index contributed by atoms with van der Waals surface area (Å²) in [6.07, 6.45) is 2.26. The predicted octanol–water partition coefficient (Wildman–Crippen LogP) is 1.57. The van der Waals surface area contributed by atoms with Gasteiger partial charge in [0.15, 0.2) is 18.1 Å². The van der Waals surface area contributed by atoms with Crippen LogP contribution < -0.4 is 14.8 Å². The molecule has 2 N–H and O–H groups in total. The van der Waals surface area contributed by atoms with Gasteiger partial charge < -0.3 is 19.9 Å². The average molecular weight is 300 g/mol. The van der Waals surface area contributed by atoms with Gasteiger partial charge in [-0.15, -0.1) is 0 Å². The molecule has 0 aliphatic rings. The molecule has 0 saturated carbocycles. The molecule has 1 amide bonds. The Hall–Kier alpha value is -2.21. The van der Waals surface area contributed by atoms with Gasteiger partial charge in [-0.1, -0.05) is 11.6 Å². The fourth-order valence-corrected chi connectivity index (χ4v) is 1.61. The highest BCUT2D eigenvalue weighted by atomic mass is 35.5. The Kier molecular flexibility index (Phi) is 5.86. The van der Waals surface area contributed by atoms with Gasteiger partial charge in [-0.3, -0.25) is 4.79 Å². The van der Waals surface area contributed by atoms with Crippen molar-refractivity contribution in [1.82, 2.24) is 5.32 Å². The van der Waals surface area contributed by atoms with Crippen molar-refractivity contribution in [1.29, 1.82) is 0 Å². The quantitative estimate of drug-likeness (QED) is 0.779. The number of ether oxygens (including phenoxy) is 2. The van der Waals surface area contributed by atoms with Crippen LogP contribution in [-0.2, 0) is 9.59 Å². The van der Waals surface area contributed by atoms with Crippen LogP contribution in [0.4, 0.5) is 0 Å². The topological polar surface area (TPSA) is 84.9 Å². The first-order chi connectivity index (χ1) is 9.47. The van der Waals surface area contributed by atoms with Gasteiger partial charge in [0, 0.05) is 29.8 Å². The molecule has 0 spiro atoms. The highest BCUT2D eigenvalue weighted by molar-refractivity contribution is 6.31. The molecular weight excluding hydrogens is 286 g/mol. The third-order valence-corrected chi connectivity index (χ3v) is 2.52. The maximum Gasteiger partial charge on any atom is 0.328 e. The third kappa shape index (κ3) is 4.47. The molecule has 1 aromatic rings. The monoisotopic (exact) mass is 299 g/mol. The van der Waals surface area contributed by atoms with Crippen molar-refractivity contribution in [2.75, 3.05) is 20.8 Å². The summed E-state index contributed by atoms with van der Waals surface area (Å²) in [6.45, 7) is -0.220. The van der Waals surface area contributed by atoms with Crippen molar-refractivity contribution in [2.24, 2.45) is 0 Å². The number of benzene rings is 1. The third-order valence-electron chi connectivity index (χ3n) is 2.30. The Bertz CT molecular complexity index is 542. The largest absolute Gasteiger partial charge is 0.493 e. The average Bonchev–Trinajstić information content (AvgIpc) is 2.42. The second-order valence-corrected chi connectivity index (χ2v) is 4.10. The van der Waals surface area contributed by atoms with Gasteiger partial charge in [0.2, 0.25) is 0 Å². The summed E-state index contributed by atoms with van der Waals surface area (Å²) < 4.78 is 10.5. The van der Waals surface area contributed by atoms with Gasteiger partial charge in [-0.2, -0.15) is 0 Å². The fraction of sp³-hybridized carbons (Fsp3) is 0.231. The Labute approximate surface area is 120 Å². The van der Waals surface area contributed by atoms with Gasteiger partial charge in [0.25, 0.3) is 5.91 Å². The molecule has 1 aromatic carbocycles. The van der Waals surface area contributed by atoms with E-state index in [1.54, 1.807) is 0 Å². The highest BCUT2D eigenvalue weighted by Gasteiger charge is 2.13. The Balaban J connectivity index is 3.15. The Morgan fingerprint density at radius 3 is 2.70 bits per heavy atom. The van der Waals surface area contributed by atoms with Crippen LogP contribution in [-0.4, -0.2) is 37.7 Å². The second kappa shape index (κ2) is 7.40. The number of carbonyl (C=O) groups is 2. The Morgan fingerprint density at radius 1 is 1.45 bits per heavy atom. The van der Waals surface area contributed by atoms with Crippen LogP contribution in [0.1, 0.15) is 5.56 Å². The smallest absolute Gasteiger partial charge is 0.328 e. The molecule has 7 heteroatoms. The Morgan fingerprint density at radius 2 is 2.15 bits per heavy atom. The minimum absolute atomic E-state index is 0.220. The molecule has 6 nitrogen and oxygen atoms in total. The van der Waals surface area contributed by atoms with Gasteiger partial charge >= 0.3 is 5.97 Å². The normalized spacial score (nSPS) is 10.3. The first-order valence-electron chi connectivity index (χ1n) is 5.59. The molecular formula is C13H14ClNO5. The number of halogens is 1. The number of hydrogen-bond acceptors (Lipinski definition) is 4. The maximum absolute atomic E-state index is 11.2. The van der Waals surface area contributed by atoms with Crippen molar-refractivity contribution >= 4 is 29.6 Å². The summed E-state index contributed by atoms with van der Waals surface area (Å²) in [5, 5.41) is 11.4. The lowest BCUT2D eigenvalue weighted by molar-refractivity contribution is -0.131. The van der Waals surface area contributed by atoms with Crippen molar-refractivity contribution in [3.63, 3.8) is 0 Å². The van der Waals surface area contributed by atoms with Crippen LogP contribution in [0.25, 0.3) is 6.08 Å². The van der Waals surface area contributed by atoms with E-state index >= 15 is 0 Å². The lowest BCUT2D eigenvalue weighted by atomic mass is 10.1. The van der Waals surface area contributed by atoms with E-state index in [1.807, 2.05) is 0 Å². The van der Waals surface area contributed by atoms with Crippen molar-refractivity contribution < 1.29 is 24.2 Å². The molecule has 0 bridgehead atoms. The van der Waals surface area contributed by atoms with E-state index in [0.717, 1.165) is 6.08 Å². The molecule has 0 aromatic heterocycles. The zero-order valence-corrected chi connectivity index (χ0v) is 11.7. The van der Waals surface area contributed by atoms with Gasteiger partial charge in [-0.05, 0) is 12.1 Å². The van der Waals surface area contributed by atoms with E-state index in [9.17, 15) is 9.59 Å². The molecule has 0 fully saturated rings. The number of aliphatic carboxylic acids is 1. The molecule has 0 unspecified atom stereocenters. The maximum atomic E-state index is 11.2. The standard InChI is InChI=1S/C13H14ClNO5/c1-15-11(16)7-20-13-8(3-4-12(17)18)5-9(14)6-10(13)19-2/h3-6H,7H2,1-2H3,(H,15,16)(H,17,18)/b4-3+. The van der Waals surface area contributed by atoms with E-state index in [1.165, 1.54) is 32.4 Å². The van der Waals surface area contributed by atoms with Crippen molar-refractivity contribution in [3.05, 3.63) is 28.8 Å². The van der Waals surface area contributed by atoms with Crippen LogP contribution >= 0.6 is 11.6 Å². The first-order valence-corrected chi connectivity index (χ1v) is 5.97. The molecule has 0 saturated heterocycles. The molecule has 1 rings (SSSR count). The van der Waals surface area contributed by atoms with E-state index in [-0.39, 0.29) is 18.3 Å². The predicted molar refractivity (Wildman–Crippen MR) is 74.2 cm³/mol. The SMILES string of the molecule is CNC(=O)COc1c(/C=C/C(=O)O)cc(Cl)cc1OC. The molecule has 0 aliphatic carbocycles. The number of methoxy groups -OCH3 is 1. The summed E-state index contributed by atoms with van der Waals surface area (Å²) in [5.74, 6) is -0.874. The zero-order chi connectivity index (χ0) is 15.1. The number of nitrogens with one attached hydrogen (secondary N) is 1. The van der Waals surface area contributed by atoms with Crippen LogP contribution in [0.15, 0.2) is 18.2 Å². The van der Waals surface area contributed by atoms with Gasteiger partial charge in [-0.25, -0.2) is 4.79 Å². The van der Waals surface area contributed by atoms with E-state index < -0.39 is 5.97 Å². The minimum Gasteiger partial charge on any atom is -0.493 e. The molecule has 20 heavy (non-hydrogen) atoms. The van der Waals surface area contributed by atoms with E-state index in [0.29, 0.717) is 16.3 Å². The number of hydrogen-bond donors (Lipinski definition) is 2. The van der Waals surface area contributed by atoms with Crippen molar-refractivity contribution in [3.8, 4) is 11.5 Å². The van der Waals surface area contributed by atoms with Crippen LogP contribution in [0, 0.1) is 0 Å². The van der Waals surface area contributed by atoms with E-state index in [4.69, 9.17) is 26.2 Å². The lowest BCUT2D eigenvalue weighted by Crippen LogP contribution is -2.25. The van der Waals surface area contributed by atoms with Crippen molar-refractivity contribution in [2.45, 2.75) is 0 Å². The number of carboxylic acids is 1. The van der Waals surface area contributed by atoms with Gasteiger partial charge in [0.05, 0.1) is 7.11 Å². The molecule has 0 radical (unpaired) electrons. The van der Waals surface area contributed by atoms with Crippen LogP contribution in [0.2, 0.25) is 5.02 Å². The highest BCUT2D eigenvalue weighted by Crippen LogP contribution is 2.35. The number of carbonyl (C=O) groups excluding carboxylic acids is 1. The fourth-order valence-electron chi connectivity index (χ4n) is 1.39. The summed E-state index contributed by atoms with van der Waals surface area (Å²) in [4.78, 5) is 21.8. The molecule has 0 aliphatic heterocycles. The number of amides is 1. The van der Waals surface area contributed by atoms with E-state index in [2.05, 4.69) is 5.32 Å². The summed E-state index contributed by atoms with van der Waals surface area (Å²) in [5.41, 5.74) is 0.403. The lowest BCUT2D eigenvalue weighted by Gasteiger charge is -2.13. The molecule has 0 heterocycles. The molecule has 108 valence electrons. The van der Waals surface area contributed by atoms with Crippen LogP contribution in [0.5, 0.6) is 11.5 Å². The number of carboxylic acid groups (broad SMARTS) is 1. The zero-order valence-electron chi connectivity index (χ0n) is 11.0. The minimum atomic E-state index is -1.11. The second-order valence-electron chi connectivity index (χ2n) is 3.66.